The van der Waals surface area contributed by atoms with E-state index in [-0.39, 0.29) is 46.5 Å². The molecule has 3 aromatic carbocycles. The molecule has 0 spiro atoms. The standard InChI is InChI=1S/C31H37.C7H9.C3H6.2ClH.Zr/c1-28(2,3)26-16-30(7,8)24-12-18-11-19-13-25-23(15-21(19)20(18)14-22(24)26)27(29(4,5)6)17-31(25,9)10;1-6-3-4-7(2)5-6;1-3-2;;;/h11-17H,1-10H3;3,5,7H,1-2H3;1-2H3;2*1H;/q2*-1;;;;+2/p-2. The molecule has 0 N–H and O–H groups in total. The molecule has 0 heterocycles. The molecular formula is C41H52Cl2Zr-2. The quantitative estimate of drug-likeness (QED) is 0.258. The third-order valence-corrected chi connectivity index (χ3v) is 8.66. The normalized spacial score (nSPS) is 18.9. The number of rotatable bonds is 0. The molecule has 3 aliphatic carbocycles. The van der Waals surface area contributed by atoms with Crippen molar-refractivity contribution < 1.29 is 49.0 Å². The predicted octanol–water partition coefficient (Wildman–Crippen LogP) is 5.85. The SMILES string of the molecule is CC(C)(C)C1=CC(C)(C)c2cc3[cH-]c4cc5c(cc4c3cc21)C(C(C)(C)C)=CC5(C)C.CC1=CC(C)[C-]=C1.C[C](C)=[Zr+2].[Cl-].[Cl-]. The zero-order valence-electron chi connectivity index (χ0n) is 29.5. The molecule has 0 saturated heterocycles. The van der Waals surface area contributed by atoms with Gasteiger partial charge in [-0.15, -0.1) is 46.7 Å². The second kappa shape index (κ2) is 13.4. The molecule has 0 amide bonds. The van der Waals surface area contributed by atoms with Crippen LogP contribution in [0.2, 0.25) is 0 Å². The number of benzene rings is 2. The van der Waals surface area contributed by atoms with Crippen LogP contribution in [-0.2, 0) is 35.1 Å². The average Bonchev–Trinajstić information content (AvgIpc) is 3.53. The Labute approximate surface area is 296 Å². The van der Waals surface area contributed by atoms with E-state index in [1.165, 1.54) is 63.7 Å². The predicted molar refractivity (Wildman–Crippen MR) is 185 cm³/mol. The van der Waals surface area contributed by atoms with E-state index in [0.717, 1.165) is 0 Å². The molecule has 1 unspecified atom stereocenters. The Morgan fingerprint density at radius 3 is 1.36 bits per heavy atom. The van der Waals surface area contributed by atoms with Crippen LogP contribution < -0.4 is 24.8 Å². The van der Waals surface area contributed by atoms with Crippen molar-refractivity contribution in [2.45, 2.75) is 108 Å². The van der Waals surface area contributed by atoms with Gasteiger partial charge in [0.15, 0.2) is 0 Å². The first-order valence-electron chi connectivity index (χ1n) is 15.6. The second-order valence-electron chi connectivity index (χ2n) is 16.2. The number of fused-ring (bicyclic) bond motifs is 5. The minimum absolute atomic E-state index is 0. The Balaban J connectivity index is 0.000000443. The molecule has 0 aromatic heterocycles. The minimum atomic E-state index is 0. The third-order valence-electron chi connectivity index (χ3n) is 8.66. The molecule has 3 aliphatic rings. The number of halogens is 2. The van der Waals surface area contributed by atoms with E-state index < -0.39 is 0 Å². The third kappa shape index (κ3) is 7.93. The van der Waals surface area contributed by atoms with Crippen LogP contribution in [-0.4, -0.2) is 3.21 Å². The molecular weight excluding hydrogens is 655 g/mol. The summed E-state index contributed by atoms with van der Waals surface area (Å²) in [6.07, 6.45) is 12.4. The Hall–Kier alpha value is -1.40. The van der Waals surface area contributed by atoms with Crippen LogP contribution in [0.25, 0.3) is 32.7 Å². The second-order valence-corrected chi connectivity index (χ2v) is 18.6. The maximum absolute atomic E-state index is 3.15. The first-order valence-corrected chi connectivity index (χ1v) is 16.8. The van der Waals surface area contributed by atoms with Crippen molar-refractivity contribution in [2.24, 2.45) is 16.7 Å². The Bertz CT molecular complexity index is 1580. The molecule has 0 bridgehead atoms. The first-order chi connectivity index (χ1) is 19.1. The fraction of sp³-hybridized carbons (Fsp3) is 0.463. The van der Waals surface area contributed by atoms with Crippen LogP contribution in [0.5, 0.6) is 0 Å². The number of hydrogen-bond acceptors (Lipinski definition) is 0. The minimum Gasteiger partial charge on any atom is -1.00 e. The molecule has 0 aliphatic heterocycles. The van der Waals surface area contributed by atoms with Crippen LogP contribution in [0.1, 0.15) is 119 Å². The summed E-state index contributed by atoms with van der Waals surface area (Å²) >= 11 is 1.55. The van der Waals surface area contributed by atoms with Crippen LogP contribution in [0.3, 0.4) is 0 Å². The molecule has 6 rings (SSSR count). The summed E-state index contributed by atoms with van der Waals surface area (Å²) in [6.45, 7) is 31.9. The van der Waals surface area contributed by atoms with Crippen molar-refractivity contribution in [2.75, 3.05) is 0 Å². The van der Waals surface area contributed by atoms with Crippen molar-refractivity contribution in [3.8, 4) is 0 Å². The van der Waals surface area contributed by atoms with Gasteiger partial charge in [0.2, 0.25) is 0 Å². The summed E-state index contributed by atoms with van der Waals surface area (Å²) in [5, 5.41) is 5.58. The molecule has 0 saturated carbocycles. The van der Waals surface area contributed by atoms with Gasteiger partial charge in [-0.25, -0.2) is 11.6 Å². The maximum atomic E-state index is 3.15. The van der Waals surface area contributed by atoms with Crippen LogP contribution >= 0.6 is 0 Å². The fourth-order valence-electron chi connectivity index (χ4n) is 6.64. The van der Waals surface area contributed by atoms with E-state index in [1.54, 1.807) is 24.2 Å². The molecule has 44 heavy (non-hydrogen) atoms. The molecule has 3 aromatic rings. The average molecular weight is 707 g/mol. The zero-order valence-corrected chi connectivity index (χ0v) is 33.5. The van der Waals surface area contributed by atoms with E-state index >= 15 is 0 Å². The Kier molecular flexibility index (Phi) is 11.8. The van der Waals surface area contributed by atoms with Gasteiger partial charge in [-0.3, -0.25) is 6.08 Å². The summed E-state index contributed by atoms with van der Waals surface area (Å²) in [4.78, 5) is 0. The van der Waals surface area contributed by atoms with Gasteiger partial charge < -0.3 is 24.8 Å². The van der Waals surface area contributed by atoms with Crippen molar-refractivity contribution in [1.29, 1.82) is 0 Å². The molecule has 1 atom stereocenters. The van der Waals surface area contributed by atoms with E-state index in [9.17, 15) is 0 Å². The van der Waals surface area contributed by atoms with Gasteiger partial charge in [0.05, 0.1) is 0 Å². The number of allylic oxidation sites excluding steroid dienone is 8. The van der Waals surface area contributed by atoms with Gasteiger partial charge >= 0.3 is 41.3 Å². The summed E-state index contributed by atoms with van der Waals surface area (Å²) in [6, 6.07) is 12.3. The Morgan fingerprint density at radius 1 is 0.750 bits per heavy atom. The van der Waals surface area contributed by atoms with Crippen molar-refractivity contribution in [1.82, 2.24) is 0 Å². The van der Waals surface area contributed by atoms with Crippen LogP contribution in [0.4, 0.5) is 0 Å². The summed E-state index contributed by atoms with van der Waals surface area (Å²) in [5.74, 6) is 0.556. The maximum Gasteiger partial charge on any atom is -1.00 e. The van der Waals surface area contributed by atoms with Gasteiger partial charge in [-0.1, -0.05) is 117 Å². The first kappa shape index (κ1) is 38.8. The summed E-state index contributed by atoms with van der Waals surface area (Å²) < 4.78 is 1.51. The van der Waals surface area contributed by atoms with Gasteiger partial charge in [0, 0.05) is 10.8 Å². The fourth-order valence-corrected chi connectivity index (χ4v) is 6.64. The molecule has 3 heteroatoms. The van der Waals surface area contributed by atoms with Crippen molar-refractivity contribution in [3.05, 3.63) is 88.5 Å². The number of hydrogen-bond donors (Lipinski definition) is 0. The van der Waals surface area contributed by atoms with Gasteiger partial charge in [-0.2, -0.15) is 6.08 Å². The molecule has 236 valence electrons. The van der Waals surface area contributed by atoms with Gasteiger partial charge in [-0.05, 0) is 33.1 Å². The van der Waals surface area contributed by atoms with Gasteiger partial charge in [0.25, 0.3) is 0 Å². The zero-order chi connectivity index (χ0) is 31.6. The summed E-state index contributed by atoms with van der Waals surface area (Å²) in [5.41, 5.74) is 10.6. The Morgan fingerprint density at radius 2 is 1.11 bits per heavy atom. The monoisotopic (exact) mass is 704 g/mol. The van der Waals surface area contributed by atoms with E-state index in [2.05, 4.69) is 152 Å². The van der Waals surface area contributed by atoms with Crippen molar-refractivity contribution in [3.63, 3.8) is 0 Å². The summed E-state index contributed by atoms with van der Waals surface area (Å²) in [7, 11) is 0. The molecule has 0 nitrogen and oxygen atoms in total. The van der Waals surface area contributed by atoms with Gasteiger partial charge in [0.1, 0.15) is 0 Å². The van der Waals surface area contributed by atoms with Crippen LogP contribution in [0, 0.1) is 22.8 Å². The molecule has 0 radical (unpaired) electrons. The van der Waals surface area contributed by atoms with E-state index in [1.807, 2.05) is 6.08 Å². The van der Waals surface area contributed by atoms with Crippen LogP contribution in [0.15, 0.2) is 60.2 Å². The van der Waals surface area contributed by atoms with Crippen molar-refractivity contribution >= 4 is 35.9 Å². The van der Waals surface area contributed by atoms with E-state index in [4.69, 9.17) is 0 Å². The smallest absolute Gasteiger partial charge is 1.00 e. The van der Waals surface area contributed by atoms with E-state index in [0.29, 0.717) is 5.92 Å². The largest absolute Gasteiger partial charge is 1.00 e. The topological polar surface area (TPSA) is 0 Å². The molecule has 0 fully saturated rings.